The number of carbonyl (C=O) groups is 1. The zero-order chi connectivity index (χ0) is 23.4. The van der Waals surface area contributed by atoms with Gasteiger partial charge in [0.15, 0.2) is 21.3 Å². The minimum atomic E-state index is -3.94. The molecule has 0 spiro atoms. The summed E-state index contributed by atoms with van der Waals surface area (Å²) < 4.78 is 59.9. The maximum Gasteiger partial charge on any atom is 0.243 e. The molecule has 0 aliphatic heterocycles. The lowest BCUT2D eigenvalue weighted by molar-refractivity contribution is -0.121. The minimum absolute atomic E-state index is 0.0372. The monoisotopic (exact) mass is 470 g/mol. The fraction of sp³-hybridized carbons (Fsp3) is 0.350. The van der Waals surface area contributed by atoms with Crippen molar-refractivity contribution >= 4 is 25.8 Å². The maximum absolute atomic E-state index is 12.8. The Balaban J connectivity index is 2.09. The molecule has 0 saturated heterocycles. The third kappa shape index (κ3) is 5.96. The molecule has 0 heterocycles. The largest absolute Gasteiger partial charge is 0.493 e. The lowest BCUT2D eigenvalue weighted by Crippen LogP contribution is -2.39. The van der Waals surface area contributed by atoms with Gasteiger partial charge in [0.25, 0.3) is 0 Å². The average Bonchev–Trinajstić information content (AvgIpc) is 2.72. The maximum atomic E-state index is 12.8. The van der Waals surface area contributed by atoms with Crippen molar-refractivity contribution in [3.63, 3.8) is 0 Å². The van der Waals surface area contributed by atoms with Crippen molar-refractivity contribution in [2.75, 3.05) is 34.1 Å². The van der Waals surface area contributed by atoms with E-state index < -0.39 is 38.4 Å². The Morgan fingerprint density at radius 1 is 0.968 bits per heavy atom. The number of nitrogens with zero attached hydrogens (tertiary/aromatic N) is 1. The van der Waals surface area contributed by atoms with Crippen molar-refractivity contribution in [3.8, 4) is 11.5 Å². The second-order valence-corrected chi connectivity index (χ2v) is 11.0. The van der Waals surface area contributed by atoms with Gasteiger partial charge in [0.05, 0.1) is 36.6 Å². The lowest BCUT2D eigenvalue weighted by Gasteiger charge is -2.20. The van der Waals surface area contributed by atoms with Crippen molar-refractivity contribution in [1.82, 2.24) is 9.62 Å². The van der Waals surface area contributed by atoms with Crippen LogP contribution in [-0.4, -0.2) is 61.1 Å². The fourth-order valence-corrected chi connectivity index (χ4v) is 4.59. The predicted molar refractivity (Wildman–Crippen MR) is 115 cm³/mol. The number of sulfone groups is 1. The van der Waals surface area contributed by atoms with E-state index in [1.54, 1.807) is 19.1 Å². The SMILES string of the molecule is COc1ccc(S(=O)(=O)N(C)CC(=O)N[C@@H](C)c2ccc(S(C)(=O)=O)cc2)cc1OC. The van der Waals surface area contributed by atoms with E-state index in [-0.39, 0.29) is 15.5 Å². The van der Waals surface area contributed by atoms with E-state index in [0.29, 0.717) is 11.3 Å². The molecule has 31 heavy (non-hydrogen) atoms. The molecule has 2 aromatic rings. The van der Waals surface area contributed by atoms with Gasteiger partial charge in [0.1, 0.15) is 0 Å². The van der Waals surface area contributed by atoms with Gasteiger partial charge in [-0.1, -0.05) is 12.1 Å². The van der Waals surface area contributed by atoms with E-state index in [2.05, 4.69) is 5.32 Å². The van der Waals surface area contributed by atoms with E-state index in [1.165, 1.54) is 51.6 Å². The summed E-state index contributed by atoms with van der Waals surface area (Å²) in [7, 11) is -3.11. The van der Waals surface area contributed by atoms with Gasteiger partial charge in [-0.2, -0.15) is 4.31 Å². The summed E-state index contributed by atoms with van der Waals surface area (Å²) in [4.78, 5) is 12.5. The smallest absolute Gasteiger partial charge is 0.243 e. The standard InChI is InChI=1S/C20H26N2O7S2/c1-14(15-6-8-16(9-7-15)30(5,24)25)21-20(23)13-22(2)31(26,27)17-10-11-18(28-3)19(12-17)29-4/h6-12,14H,13H2,1-5H3,(H,21,23)/t14-/m0/s1. The first kappa shape index (κ1) is 24.6. The number of carbonyl (C=O) groups excluding carboxylic acids is 1. The summed E-state index contributed by atoms with van der Waals surface area (Å²) in [6, 6.07) is 9.85. The average molecular weight is 471 g/mol. The number of likely N-dealkylation sites (N-methyl/N-ethyl adjacent to an activating group) is 1. The van der Waals surface area contributed by atoms with Crippen molar-refractivity contribution in [1.29, 1.82) is 0 Å². The Kier molecular flexibility index (Phi) is 7.68. The summed E-state index contributed by atoms with van der Waals surface area (Å²) >= 11 is 0. The predicted octanol–water partition coefficient (Wildman–Crippen LogP) is 1.61. The highest BCUT2D eigenvalue weighted by molar-refractivity contribution is 7.90. The van der Waals surface area contributed by atoms with E-state index in [9.17, 15) is 21.6 Å². The van der Waals surface area contributed by atoms with Crippen LogP contribution >= 0.6 is 0 Å². The van der Waals surface area contributed by atoms with Gasteiger partial charge in [0, 0.05) is 19.4 Å². The first-order chi connectivity index (χ1) is 14.4. The molecule has 2 rings (SSSR count). The van der Waals surface area contributed by atoms with Crippen molar-refractivity contribution in [2.45, 2.75) is 22.8 Å². The zero-order valence-corrected chi connectivity index (χ0v) is 19.6. The van der Waals surface area contributed by atoms with Gasteiger partial charge in [0.2, 0.25) is 15.9 Å². The van der Waals surface area contributed by atoms with Gasteiger partial charge in [-0.3, -0.25) is 4.79 Å². The number of rotatable bonds is 9. The number of sulfonamides is 1. The highest BCUT2D eigenvalue weighted by atomic mass is 32.2. The molecule has 1 amide bonds. The Morgan fingerprint density at radius 2 is 1.52 bits per heavy atom. The van der Waals surface area contributed by atoms with Crippen LogP contribution in [0, 0.1) is 0 Å². The Hall–Kier alpha value is -2.63. The van der Waals surface area contributed by atoms with Gasteiger partial charge in [-0.05, 0) is 36.8 Å². The molecule has 2 aromatic carbocycles. The van der Waals surface area contributed by atoms with Gasteiger partial charge in [-0.15, -0.1) is 0 Å². The first-order valence-corrected chi connectivity index (χ1v) is 12.5. The van der Waals surface area contributed by atoms with Crippen LogP contribution in [-0.2, 0) is 24.7 Å². The number of amides is 1. The van der Waals surface area contributed by atoms with Crippen LogP contribution in [0.25, 0.3) is 0 Å². The Morgan fingerprint density at radius 3 is 2.03 bits per heavy atom. The van der Waals surface area contributed by atoms with E-state index >= 15 is 0 Å². The second kappa shape index (κ2) is 9.67. The molecule has 0 aliphatic carbocycles. The van der Waals surface area contributed by atoms with Gasteiger partial charge in [-0.25, -0.2) is 16.8 Å². The highest BCUT2D eigenvalue weighted by Gasteiger charge is 2.25. The van der Waals surface area contributed by atoms with Crippen LogP contribution in [0.4, 0.5) is 0 Å². The van der Waals surface area contributed by atoms with Crippen LogP contribution in [0.1, 0.15) is 18.5 Å². The number of ether oxygens (including phenoxy) is 2. The van der Waals surface area contributed by atoms with E-state index in [0.717, 1.165) is 10.6 Å². The molecular weight excluding hydrogens is 444 g/mol. The highest BCUT2D eigenvalue weighted by Crippen LogP contribution is 2.30. The molecule has 0 unspecified atom stereocenters. The summed E-state index contributed by atoms with van der Waals surface area (Å²) in [6.07, 6.45) is 1.11. The molecule has 11 heteroatoms. The molecule has 170 valence electrons. The van der Waals surface area contributed by atoms with Crippen molar-refractivity contribution in [2.24, 2.45) is 0 Å². The molecule has 0 bridgehead atoms. The fourth-order valence-electron chi connectivity index (χ4n) is 2.82. The van der Waals surface area contributed by atoms with Crippen LogP contribution < -0.4 is 14.8 Å². The summed E-state index contributed by atoms with van der Waals surface area (Å²) in [5.41, 5.74) is 0.686. The third-order valence-electron chi connectivity index (χ3n) is 4.62. The van der Waals surface area contributed by atoms with Gasteiger partial charge < -0.3 is 14.8 Å². The lowest BCUT2D eigenvalue weighted by atomic mass is 10.1. The second-order valence-electron chi connectivity index (χ2n) is 6.91. The molecule has 1 atom stereocenters. The number of nitrogens with one attached hydrogen (secondary N) is 1. The molecule has 0 aromatic heterocycles. The third-order valence-corrected chi connectivity index (χ3v) is 7.54. The molecule has 9 nitrogen and oxygen atoms in total. The number of benzene rings is 2. The Labute approximate surface area is 182 Å². The van der Waals surface area contributed by atoms with Crippen LogP contribution in [0.5, 0.6) is 11.5 Å². The summed E-state index contributed by atoms with van der Waals surface area (Å²) in [5, 5.41) is 2.71. The van der Waals surface area contributed by atoms with Crippen molar-refractivity contribution < 1.29 is 31.1 Å². The molecule has 0 saturated carbocycles. The number of methoxy groups -OCH3 is 2. The minimum Gasteiger partial charge on any atom is -0.493 e. The zero-order valence-electron chi connectivity index (χ0n) is 17.9. The molecule has 0 radical (unpaired) electrons. The topological polar surface area (TPSA) is 119 Å². The molecule has 0 fully saturated rings. The molecular formula is C20H26N2O7S2. The van der Waals surface area contributed by atoms with Crippen LogP contribution in [0.2, 0.25) is 0 Å². The Bertz CT molecular complexity index is 1140. The van der Waals surface area contributed by atoms with E-state index in [4.69, 9.17) is 9.47 Å². The van der Waals surface area contributed by atoms with Crippen LogP contribution in [0.15, 0.2) is 52.3 Å². The van der Waals surface area contributed by atoms with Crippen LogP contribution in [0.3, 0.4) is 0 Å². The number of hydrogen-bond acceptors (Lipinski definition) is 7. The van der Waals surface area contributed by atoms with Gasteiger partial charge >= 0.3 is 0 Å². The summed E-state index contributed by atoms with van der Waals surface area (Å²) in [6.45, 7) is 1.32. The van der Waals surface area contributed by atoms with E-state index in [1.807, 2.05) is 0 Å². The first-order valence-electron chi connectivity index (χ1n) is 9.18. The normalized spacial score (nSPS) is 13.0. The number of hydrogen-bond donors (Lipinski definition) is 1. The summed E-state index contributed by atoms with van der Waals surface area (Å²) in [5.74, 6) is 0.136. The molecule has 1 N–H and O–H groups in total. The van der Waals surface area contributed by atoms with Crippen molar-refractivity contribution in [3.05, 3.63) is 48.0 Å². The quantitative estimate of drug-likeness (QED) is 0.591. The molecule has 0 aliphatic rings.